The highest BCUT2D eigenvalue weighted by Gasteiger charge is 2.02. The van der Waals surface area contributed by atoms with Crippen molar-refractivity contribution in [2.75, 3.05) is 0 Å². The van der Waals surface area contributed by atoms with E-state index in [1.165, 1.54) is 0 Å². The third-order valence-electron chi connectivity index (χ3n) is 2.31. The van der Waals surface area contributed by atoms with E-state index in [2.05, 4.69) is 15.3 Å². The van der Waals surface area contributed by atoms with Crippen molar-refractivity contribution in [1.29, 1.82) is 5.26 Å². The summed E-state index contributed by atoms with van der Waals surface area (Å²) in [6.45, 7) is 0.334. The molecule has 0 aliphatic heterocycles. The van der Waals surface area contributed by atoms with Crippen LogP contribution in [0.15, 0.2) is 53.7 Å². The molecular formula is C14H11ClN4O. The number of para-hydroxylation sites is 1. The fourth-order valence-corrected chi connectivity index (χ4v) is 1.52. The van der Waals surface area contributed by atoms with Crippen LogP contribution in [0.4, 0.5) is 0 Å². The second-order valence-corrected chi connectivity index (χ2v) is 4.15. The van der Waals surface area contributed by atoms with Crippen LogP contribution in [0, 0.1) is 11.5 Å². The zero-order valence-electron chi connectivity index (χ0n) is 10.5. The van der Waals surface area contributed by atoms with Crippen molar-refractivity contribution < 1.29 is 4.74 Å². The SMILES string of the molecule is N#CNC(=NCc1ccc(Cl)nc1)Oc1ccccc1. The molecule has 0 saturated carbocycles. The smallest absolute Gasteiger partial charge is 0.304 e. The number of amidine groups is 1. The summed E-state index contributed by atoms with van der Waals surface area (Å²) in [5, 5.41) is 11.5. The molecule has 5 nitrogen and oxygen atoms in total. The summed E-state index contributed by atoms with van der Waals surface area (Å²) >= 11 is 5.70. The van der Waals surface area contributed by atoms with Crippen LogP contribution in [-0.4, -0.2) is 11.0 Å². The number of aliphatic imine (C=N–C) groups is 1. The molecule has 0 fully saturated rings. The highest BCUT2D eigenvalue weighted by Crippen LogP contribution is 2.09. The number of aromatic nitrogens is 1. The van der Waals surface area contributed by atoms with Gasteiger partial charge in [-0.2, -0.15) is 5.26 Å². The van der Waals surface area contributed by atoms with Gasteiger partial charge < -0.3 is 4.74 Å². The van der Waals surface area contributed by atoms with Gasteiger partial charge in [-0.1, -0.05) is 35.9 Å². The van der Waals surface area contributed by atoms with Gasteiger partial charge >= 0.3 is 6.02 Å². The highest BCUT2D eigenvalue weighted by molar-refractivity contribution is 6.29. The van der Waals surface area contributed by atoms with Gasteiger partial charge in [-0.15, -0.1) is 0 Å². The standard InChI is InChI=1S/C14H11ClN4O/c15-13-7-6-11(8-17-13)9-18-14(19-10-16)20-12-4-2-1-3-5-12/h1-8H,9H2,(H,18,19). The van der Waals surface area contributed by atoms with Crippen LogP contribution in [-0.2, 0) is 6.54 Å². The van der Waals surface area contributed by atoms with Crippen LogP contribution in [0.3, 0.4) is 0 Å². The lowest BCUT2D eigenvalue weighted by molar-refractivity contribution is 0.526. The van der Waals surface area contributed by atoms with Crippen LogP contribution in [0.5, 0.6) is 5.75 Å². The molecule has 1 aromatic heterocycles. The molecular weight excluding hydrogens is 276 g/mol. The lowest BCUT2D eigenvalue weighted by Gasteiger charge is -2.06. The first-order chi connectivity index (χ1) is 9.78. The number of hydrogen-bond donors (Lipinski definition) is 1. The third kappa shape index (κ3) is 4.26. The van der Waals surface area contributed by atoms with Gasteiger partial charge in [-0.25, -0.2) is 15.3 Å². The maximum Gasteiger partial charge on any atom is 0.304 e. The molecule has 0 amide bonds. The Morgan fingerprint density at radius 2 is 2.10 bits per heavy atom. The predicted octanol–water partition coefficient (Wildman–Crippen LogP) is 2.74. The molecule has 0 spiro atoms. The Morgan fingerprint density at radius 1 is 1.30 bits per heavy atom. The molecule has 1 aromatic carbocycles. The fourth-order valence-electron chi connectivity index (χ4n) is 1.41. The van der Waals surface area contributed by atoms with Crippen molar-refractivity contribution in [2.45, 2.75) is 6.54 Å². The van der Waals surface area contributed by atoms with E-state index in [-0.39, 0.29) is 6.02 Å². The van der Waals surface area contributed by atoms with Crippen molar-refractivity contribution in [3.05, 3.63) is 59.4 Å². The monoisotopic (exact) mass is 286 g/mol. The molecule has 0 atom stereocenters. The molecule has 2 rings (SSSR count). The van der Waals surface area contributed by atoms with Gasteiger partial charge in [0.15, 0.2) is 6.19 Å². The topological polar surface area (TPSA) is 70.3 Å². The van der Waals surface area contributed by atoms with Crippen LogP contribution in [0.2, 0.25) is 5.15 Å². The Morgan fingerprint density at radius 3 is 2.75 bits per heavy atom. The maximum atomic E-state index is 8.70. The van der Waals surface area contributed by atoms with E-state index in [0.29, 0.717) is 17.4 Å². The molecule has 20 heavy (non-hydrogen) atoms. The van der Waals surface area contributed by atoms with Gasteiger partial charge in [0.05, 0.1) is 6.54 Å². The number of halogens is 1. The Bertz CT molecular complexity index is 620. The minimum Gasteiger partial charge on any atom is -0.425 e. The van der Waals surface area contributed by atoms with Gasteiger partial charge in [0.25, 0.3) is 0 Å². The van der Waals surface area contributed by atoms with Crippen molar-refractivity contribution in [3.8, 4) is 11.9 Å². The largest absolute Gasteiger partial charge is 0.425 e. The highest BCUT2D eigenvalue weighted by atomic mass is 35.5. The number of benzene rings is 1. The van der Waals surface area contributed by atoms with Crippen molar-refractivity contribution in [2.24, 2.45) is 4.99 Å². The Hall–Kier alpha value is -2.58. The Balaban J connectivity index is 2.06. The van der Waals surface area contributed by atoms with Gasteiger partial charge in [0.1, 0.15) is 10.9 Å². The van der Waals surface area contributed by atoms with Crippen molar-refractivity contribution in [3.63, 3.8) is 0 Å². The molecule has 100 valence electrons. The summed E-state index contributed by atoms with van der Waals surface area (Å²) in [6.07, 6.45) is 3.41. The first-order valence-corrected chi connectivity index (χ1v) is 6.18. The van der Waals surface area contributed by atoms with Crippen molar-refractivity contribution >= 4 is 17.6 Å². The summed E-state index contributed by atoms with van der Waals surface area (Å²) in [7, 11) is 0. The quantitative estimate of drug-likeness (QED) is 0.310. The Kier molecular flexibility index (Phi) is 4.93. The third-order valence-corrected chi connectivity index (χ3v) is 2.54. The number of ether oxygens (including phenoxy) is 1. The fraction of sp³-hybridized carbons (Fsp3) is 0.0714. The van der Waals surface area contributed by atoms with Crippen LogP contribution >= 0.6 is 11.6 Å². The average molecular weight is 287 g/mol. The zero-order chi connectivity index (χ0) is 14.2. The normalized spacial score (nSPS) is 10.7. The van der Waals surface area contributed by atoms with Gasteiger partial charge in [0.2, 0.25) is 0 Å². The minimum atomic E-state index is 0.133. The van der Waals surface area contributed by atoms with Gasteiger partial charge in [0, 0.05) is 6.20 Å². The van der Waals surface area contributed by atoms with E-state index < -0.39 is 0 Å². The molecule has 2 aromatic rings. The first-order valence-electron chi connectivity index (χ1n) is 5.81. The minimum absolute atomic E-state index is 0.133. The van der Waals surface area contributed by atoms with E-state index in [0.717, 1.165) is 5.56 Å². The Labute approximate surface area is 121 Å². The summed E-state index contributed by atoms with van der Waals surface area (Å²) in [5.41, 5.74) is 0.864. The first kappa shape index (κ1) is 13.8. The molecule has 0 saturated heterocycles. The zero-order valence-corrected chi connectivity index (χ0v) is 11.2. The number of nitrogens with one attached hydrogen (secondary N) is 1. The summed E-state index contributed by atoms with van der Waals surface area (Å²) in [4.78, 5) is 8.14. The van der Waals surface area contributed by atoms with Crippen LogP contribution in [0.25, 0.3) is 0 Å². The molecule has 0 unspecified atom stereocenters. The number of rotatable bonds is 3. The van der Waals surface area contributed by atoms with Crippen LogP contribution < -0.4 is 10.1 Å². The summed E-state index contributed by atoms with van der Waals surface area (Å²) in [6, 6.07) is 12.7. The summed E-state index contributed by atoms with van der Waals surface area (Å²) < 4.78 is 5.47. The maximum absolute atomic E-state index is 8.70. The predicted molar refractivity (Wildman–Crippen MR) is 76.2 cm³/mol. The molecule has 6 heteroatoms. The van der Waals surface area contributed by atoms with Gasteiger partial charge in [-0.05, 0) is 23.8 Å². The molecule has 0 aliphatic rings. The summed E-state index contributed by atoms with van der Waals surface area (Å²) in [5.74, 6) is 0.600. The van der Waals surface area contributed by atoms with Crippen LogP contribution in [0.1, 0.15) is 5.56 Å². The lowest BCUT2D eigenvalue weighted by Crippen LogP contribution is -2.24. The molecule has 1 heterocycles. The number of hydrogen-bond acceptors (Lipinski definition) is 4. The molecule has 0 bridgehead atoms. The lowest BCUT2D eigenvalue weighted by atomic mass is 10.3. The van der Waals surface area contributed by atoms with E-state index >= 15 is 0 Å². The van der Waals surface area contributed by atoms with E-state index in [1.54, 1.807) is 30.6 Å². The van der Waals surface area contributed by atoms with E-state index in [4.69, 9.17) is 21.6 Å². The number of pyridine rings is 1. The van der Waals surface area contributed by atoms with E-state index in [9.17, 15) is 0 Å². The molecule has 1 N–H and O–H groups in total. The second-order valence-electron chi connectivity index (χ2n) is 3.76. The second kappa shape index (κ2) is 7.12. The van der Waals surface area contributed by atoms with E-state index in [1.807, 2.05) is 24.3 Å². The number of nitrogens with zero attached hydrogens (tertiary/aromatic N) is 3. The molecule has 0 radical (unpaired) electrons. The van der Waals surface area contributed by atoms with Crippen molar-refractivity contribution in [1.82, 2.24) is 10.3 Å². The van der Waals surface area contributed by atoms with Gasteiger partial charge in [-0.3, -0.25) is 0 Å². The number of nitriles is 1. The average Bonchev–Trinajstić information content (AvgIpc) is 2.48. The molecule has 0 aliphatic carbocycles.